The summed E-state index contributed by atoms with van der Waals surface area (Å²) in [6, 6.07) is 11.5. The van der Waals surface area contributed by atoms with Crippen LogP contribution >= 0.6 is 0 Å². The molecule has 7 nitrogen and oxygen atoms in total. The molecule has 2 aromatic heterocycles. The average Bonchev–Trinajstić information content (AvgIpc) is 3.10. The number of fused-ring (bicyclic) bond motifs is 2. The number of furan rings is 1. The summed E-state index contributed by atoms with van der Waals surface area (Å²) in [5.41, 5.74) is 2.93. The van der Waals surface area contributed by atoms with E-state index < -0.39 is 23.5 Å². The van der Waals surface area contributed by atoms with Crippen molar-refractivity contribution in [2.75, 3.05) is 0 Å². The zero-order valence-corrected chi connectivity index (χ0v) is 17.1. The Hall–Kier alpha value is -3.87. The first-order chi connectivity index (χ1) is 14.8. The zero-order valence-electron chi connectivity index (χ0n) is 17.1. The van der Waals surface area contributed by atoms with E-state index in [2.05, 4.69) is 5.32 Å². The minimum Gasteiger partial charge on any atom is -0.480 e. The number of aryl methyl sites for hydroxylation is 2. The van der Waals surface area contributed by atoms with Gasteiger partial charge >= 0.3 is 11.6 Å². The molecular weight excluding hydrogens is 398 g/mol. The number of carbonyl (C=O) groups excluding carboxylic acids is 1. The molecule has 31 heavy (non-hydrogen) atoms. The number of carboxylic acids is 1. The normalized spacial score (nSPS) is 12.2. The second-order valence-corrected chi connectivity index (χ2v) is 7.58. The number of rotatable bonds is 6. The average molecular weight is 419 g/mol. The first kappa shape index (κ1) is 20.4. The van der Waals surface area contributed by atoms with Crippen LogP contribution in [0.15, 0.2) is 62.4 Å². The van der Waals surface area contributed by atoms with Crippen molar-refractivity contribution >= 4 is 33.8 Å². The lowest BCUT2D eigenvalue weighted by molar-refractivity contribution is -0.141. The summed E-state index contributed by atoms with van der Waals surface area (Å²) in [7, 11) is 0. The lowest BCUT2D eigenvalue weighted by atomic mass is 10.0. The number of hydrogen-bond acceptors (Lipinski definition) is 5. The minimum absolute atomic E-state index is 0.144. The molecule has 158 valence electrons. The topological polar surface area (TPSA) is 110 Å². The lowest BCUT2D eigenvalue weighted by Gasteiger charge is -2.15. The van der Waals surface area contributed by atoms with Crippen LogP contribution in [-0.4, -0.2) is 23.0 Å². The molecule has 2 N–H and O–H groups in total. The van der Waals surface area contributed by atoms with Gasteiger partial charge in [0.25, 0.3) is 0 Å². The first-order valence-electron chi connectivity index (χ1n) is 9.83. The van der Waals surface area contributed by atoms with Crippen molar-refractivity contribution in [1.29, 1.82) is 0 Å². The van der Waals surface area contributed by atoms with Crippen LogP contribution in [-0.2, 0) is 22.4 Å². The van der Waals surface area contributed by atoms with Crippen molar-refractivity contribution in [3.63, 3.8) is 0 Å². The number of carbonyl (C=O) groups is 2. The fourth-order valence-electron chi connectivity index (χ4n) is 3.70. The molecule has 7 heteroatoms. The summed E-state index contributed by atoms with van der Waals surface area (Å²) >= 11 is 0. The molecule has 0 aliphatic heterocycles. The minimum atomic E-state index is -1.14. The van der Waals surface area contributed by atoms with E-state index in [-0.39, 0.29) is 18.4 Å². The maximum absolute atomic E-state index is 12.6. The Morgan fingerprint density at radius 3 is 2.52 bits per heavy atom. The van der Waals surface area contributed by atoms with Crippen LogP contribution in [0.5, 0.6) is 0 Å². The molecule has 0 spiro atoms. The molecule has 0 unspecified atom stereocenters. The maximum atomic E-state index is 12.6. The fraction of sp³-hybridized carbons (Fsp3) is 0.208. The van der Waals surface area contributed by atoms with Gasteiger partial charge in [0.2, 0.25) is 5.91 Å². The van der Waals surface area contributed by atoms with Crippen LogP contribution in [0.1, 0.15) is 22.3 Å². The second kappa shape index (κ2) is 8.10. The van der Waals surface area contributed by atoms with E-state index >= 15 is 0 Å². The Morgan fingerprint density at radius 2 is 1.81 bits per heavy atom. The van der Waals surface area contributed by atoms with Crippen molar-refractivity contribution < 1.29 is 23.5 Å². The van der Waals surface area contributed by atoms with Crippen molar-refractivity contribution in [3.05, 3.63) is 81.4 Å². The maximum Gasteiger partial charge on any atom is 0.340 e. The monoisotopic (exact) mass is 419 g/mol. The molecular formula is C24H21NO6. The molecule has 2 heterocycles. The van der Waals surface area contributed by atoms with Gasteiger partial charge in [-0.3, -0.25) is 4.79 Å². The van der Waals surface area contributed by atoms with Gasteiger partial charge in [0.1, 0.15) is 17.2 Å². The highest BCUT2D eigenvalue weighted by Crippen LogP contribution is 2.28. The largest absolute Gasteiger partial charge is 0.480 e. The molecule has 0 fully saturated rings. The summed E-state index contributed by atoms with van der Waals surface area (Å²) in [4.78, 5) is 36.8. The summed E-state index contributed by atoms with van der Waals surface area (Å²) < 4.78 is 10.9. The van der Waals surface area contributed by atoms with Crippen LogP contribution in [0.2, 0.25) is 0 Å². The van der Waals surface area contributed by atoms with Gasteiger partial charge in [0, 0.05) is 23.3 Å². The van der Waals surface area contributed by atoms with Gasteiger partial charge < -0.3 is 19.3 Å². The molecule has 2 aromatic carbocycles. The van der Waals surface area contributed by atoms with Crippen LogP contribution in [0, 0.1) is 13.8 Å². The molecule has 0 saturated carbocycles. The summed E-state index contributed by atoms with van der Waals surface area (Å²) in [6.45, 7) is 3.67. The van der Waals surface area contributed by atoms with E-state index in [0.717, 1.165) is 16.5 Å². The number of aliphatic carboxylic acids is 1. The summed E-state index contributed by atoms with van der Waals surface area (Å²) in [6.07, 6.45) is 1.50. The molecule has 0 saturated heterocycles. The molecule has 1 amide bonds. The number of benzene rings is 2. The fourth-order valence-corrected chi connectivity index (χ4v) is 3.70. The Morgan fingerprint density at radius 1 is 1.06 bits per heavy atom. The number of amides is 1. The molecule has 0 radical (unpaired) electrons. The second-order valence-electron chi connectivity index (χ2n) is 7.58. The Bertz CT molecular complexity index is 1350. The predicted molar refractivity (Wildman–Crippen MR) is 115 cm³/mol. The highest BCUT2D eigenvalue weighted by Gasteiger charge is 2.22. The zero-order chi connectivity index (χ0) is 22.1. The third kappa shape index (κ3) is 4.07. The van der Waals surface area contributed by atoms with Crippen molar-refractivity contribution in [3.8, 4) is 0 Å². The number of hydrogen-bond donors (Lipinski definition) is 2. The molecule has 1 atom stereocenters. The standard InChI is InChI=1S/C24H21NO6/c1-13-12-30-20-11-21-17(9-16(13)20)14(2)18(24(29)31-21)10-22(26)25-19(23(27)28)8-15-6-4-3-5-7-15/h3-7,9,11-12,19H,8,10H2,1-2H3,(H,25,26)(H,27,28)/t19-/m1/s1. The van der Waals surface area contributed by atoms with Gasteiger partial charge in [-0.2, -0.15) is 0 Å². The third-order valence-corrected chi connectivity index (χ3v) is 5.43. The Labute approximate surface area is 177 Å². The van der Waals surface area contributed by atoms with Crippen LogP contribution in [0.25, 0.3) is 21.9 Å². The Balaban J connectivity index is 1.61. The quantitative estimate of drug-likeness (QED) is 0.463. The van der Waals surface area contributed by atoms with Gasteiger partial charge in [0.15, 0.2) is 0 Å². The van der Waals surface area contributed by atoms with E-state index in [1.165, 1.54) is 0 Å². The van der Waals surface area contributed by atoms with E-state index in [9.17, 15) is 19.5 Å². The summed E-state index contributed by atoms with van der Waals surface area (Å²) in [5, 5.41) is 13.6. The van der Waals surface area contributed by atoms with Crippen LogP contribution in [0.4, 0.5) is 0 Å². The van der Waals surface area contributed by atoms with E-state index in [1.807, 2.05) is 19.1 Å². The van der Waals surface area contributed by atoms with Crippen molar-refractivity contribution in [2.24, 2.45) is 0 Å². The molecule has 0 aliphatic rings. The first-order valence-corrected chi connectivity index (χ1v) is 9.83. The lowest BCUT2D eigenvalue weighted by Crippen LogP contribution is -2.43. The number of nitrogens with one attached hydrogen (secondary N) is 1. The smallest absolute Gasteiger partial charge is 0.340 e. The van der Waals surface area contributed by atoms with Gasteiger partial charge in [-0.15, -0.1) is 0 Å². The van der Waals surface area contributed by atoms with Crippen LogP contribution in [0.3, 0.4) is 0 Å². The van der Waals surface area contributed by atoms with Gasteiger partial charge in [-0.05, 0) is 36.6 Å². The van der Waals surface area contributed by atoms with E-state index in [1.54, 1.807) is 43.5 Å². The molecule has 0 bridgehead atoms. The molecule has 0 aliphatic carbocycles. The van der Waals surface area contributed by atoms with Gasteiger partial charge in [-0.1, -0.05) is 30.3 Å². The summed E-state index contributed by atoms with van der Waals surface area (Å²) in [5.74, 6) is -1.70. The Kier molecular flexibility index (Phi) is 5.33. The molecule has 4 rings (SSSR count). The van der Waals surface area contributed by atoms with E-state index in [0.29, 0.717) is 22.1 Å². The highest BCUT2D eigenvalue weighted by atomic mass is 16.4. The molecule has 4 aromatic rings. The van der Waals surface area contributed by atoms with Gasteiger partial charge in [-0.25, -0.2) is 9.59 Å². The van der Waals surface area contributed by atoms with Crippen molar-refractivity contribution in [1.82, 2.24) is 5.32 Å². The van der Waals surface area contributed by atoms with Crippen LogP contribution < -0.4 is 10.9 Å². The van der Waals surface area contributed by atoms with E-state index in [4.69, 9.17) is 8.83 Å². The van der Waals surface area contributed by atoms with Crippen molar-refractivity contribution in [2.45, 2.75) is 32.7 Å². The van der Waals surface area contributed by atoms with Gasteiger partial charge in [0.05, 0.1) is 18.2 Å². The third-order valence-electron chi connectivity index (χ3n) is 5.43. The number of carboxylic acid groups (broad SMARTS) is 1. The predicted octanol–water partition coefficient (Wildman–Crippen LogP) is 3.51. The highest BCUT2D eigenvalue weighted by molar-refractivity contribution is 5.96. The SMILES string of the molecule is Cc1coc2cc3oc(=O)c(CC(=O)N[C@H](Cc4ccccc4)C(=O)O)c(C)c3cc12.